The molecule has 0 bridgehead atoms. The predicted molar refractivity (Wildman–Crippen MR) is 112 cm³/mol. The van der Waals surface area contributed by atoms with E-state index in [1.54, 1.807) is 0 Å². The van der Waals surface area contributed by atoms with E-state index in [4.69, 9.17) is 24.8 Å². The van der Waals surface area contributed by atoms with Gasteiger partial charge in [-0.25, -0.2) is 4.99 Å². The van der Waals surface area contributed by atoms with E-state index in [0.29, 0.717) is 32.1 Å². The van der Waals surface area contributed by atoms with E-state index in [2.05, 4.69) is 21.1 Å². The van der Waals surface area contributed by atoms with E-state index in [1.807, 2.05) is 31.5 Å². The quantitative estimate of drug-likeness (QED) is 0.411. The summed E-state index contributed by atoms with van der Waals surface area (Å²) in [6.45, 7) is 5.29. The van der Waals surface area contributed by atoms with Gasteiger partial charge in [-0.05, 0) is 42.7 Å². The molecule has 2 aromatic rings. The van der Waals surface area contributed by atoms with Crippen LogP contribution < -0.4 is 15.6 Å². The van der Waals surface area contributed by atoms with Gasteiger partial charge in [0.05, 0.1) is 31.9 Å². The lowest BCUT2D eigenvalue weighted by Crippen LogP contribution is -2.78. The number of benzene rings is 1. The Labute approximate surface area is 175 Å². The zero-order valence-electron chi connectivity index (χ0n) is 17.1. The van der Waals surface area contributed by atoms with Gasteiger partial charge in [0.25, 0.3) is 0 Å². The number of nitrogens with zero attached hydrogens (tertiary/aromatic N) is 2. The molecule has 8 nitrogen and oxygen atoms in total. The van der Waals surface area contributed by atoms with Crippen molar-refractivity contribution in [2.45, 2.75) is 44.1 Å². The van der Waals surface area contributed by atoms with Crippen LogP contribution in [0.4, 0.5) is 0 Å². The van der Waals surface area contributed by atoms with E-state index < -0.39 is 0 Å². The summed E-state index contributed by atoms with van der Waals surface area (Å²) in [5.74, 6) is 6.41. The second-order valence-corrected chi connectivity index (χ2v) is 8.26. The van der Waals surface area contributed by atoms with Crippen molar-refractivity contribution in [2.75, 3.05) is 26.4 Å². The Hall–Kier alpha value is -2.55. The minimum atomic E-state index is -0.306. The summed E-state index contributed by atoms with van der Waals surface area (Å²) in [5.41, 5.74) is 3.94. The standard InChI is InChI=1S/C22H26N4O4/c1-14(21(26-23)9-24-16-7-22(29-11-16)12-28-13-22)30-17-2-3-20-19(6-17)18-4-5-27-10-15(18)8-25-20/h2-3,6,8-9,14,16H,4-5,7,10-13,23H2,1H3/p+1/b24-9?,26-21+/t14-,16?/m1/s1. The van der Waals surface area contributed by atoms with Crippen LogP contribution in [0.2, 0.25) is 0 Å². The number of nitrogens with one attached hydrogen (secondary N) is 1. The second-order valence-electron chi connectivity index (χ2n) is 8.26. The van der Waals surface area contributed by atoms with Gasteiger partial charge in [0, 0.05) is 18.0 Å². The fraction of sp³-hybridized carbons (Fsp3) is 0.500. The average molecular weight is 411 g/mol. The maximum atomic E-state index is 6.16. The van der Waals surface area contributed by atoms with Crippen molar-refractivity contribution in [1.29, 1.82) is 0 Å². The molecule has 5 rings (SSSR count). The van der Waals surface area contributed by atoms with Gasteiger partial charge in [0.15, 0.2) is 18.0 Å². The van der Waals surface area contributed by atoms with Crippen molar-refractivity contribution >= 4 is 22.8 Å². The number of hydrogen-bond donors (Lipinski definition) is 2. The molecule has 158 valence electrons. The lowest BCUT2D eigenvalue weighted by Gasteiger charge is -2.35. The number of aromatic nitrogens is 1. The molecule has 8 heteroatoms. The highest BCUT2D eigenvalue weighted by molar-refractivity contribution is 6.30. The molecule has 2 fully saturated rings. The number of rotatable bonds is 5. The van der Waals surface area contributed by atoms with Crippen LogP contribution in [0.25, 0.3) is 10.9 Å². The normalized spacial score (nSPS) is 24.2. The minimum Gasteiger partial charge on any atom is -0.484 e. The van der Waals surface area contributed by atoms with Crippen LogP contribution in [0, 0.1) is 0 Å². The summed E-state index contributed by atoms with van der Waals surface area (Å²) in [5, 5.41) is 5.04. The highest BCUT2D eigenvalue weighted by Gasteiger charge is 2.48. The SMILES string of the molecule is C[C@@H](Oc1ccc2ncc3c(c2c1)CCOC3)/C(C=[NH+]C1COC2(COC2)C1)=N/N. The van der Waals surface area contributed by atoms with Gasteiger partial charge >= 0.3 is 0 Å². The maximum absolute atomic E-state index is 6.16. The van der Waals surface area contributed by atoms with E-state index in [0.717, 1.165) is 41.7 Å². The fourth-order valence-corrected chi connectivity index (χ4v) is 4.33. The number of hydrogen-bond acceptors (Lipinski definition) is 7. The summed E-state index contributed by atoms with van der Waals surface area (Å²) in [4.78, 5) is 7.92. The number of pyridine rings is 1. The monoisotopic (exact) mass is 411 g/mol. The summed E-state index contributed by atoms with van der Waals surface area (Å²) >= 11 is 0. The molecule has 30 heavy (non-hydrogen) atoms. The molecule has 3 aliphatic heterocycles. The summed E-state index contributed by atoms with van der Waals surface area (Å²) in [6, 6.07) is 6.20. The van der Waals surface area contributed by atoms with Gasteiger partial charge in [-0.2, -0.15) is 5.10 Å². The van der Waals surface area contributed by atoms with Crippen molar-refractivity contribution in [3.8, 4) is 5.75 Å². The Morgan fingerprint density at radius 3 is 3.07 bits per heavy atom. The molecule has 3 N–H and O–H groups in total. The van der Waals surface area contributed by atoms with Gasteiger partial charge in [0.1, 0.15) is 24.1 Å². The first kappa shape index (κ1) is 19.4. The molecule has 1 unspecified atom stereocenters. The van der Waals surface area contributed by atoms with Crippen LogP contribution in [0.1, 0.15) is 24.5 Å². The van der Waals surface area contributed by atoms with Gasteiger partial charge in [-0.3, -0.25) is 4.98 Å². The Bertz CT molecular complexity index is 1000. The van der Waals surface area contributed by atoms with Crippen LogP contribution in [-0.4, -0.2) is 61.1 Å². The molecule has 2 atom stereocenters. The van der Waals surface area contributed by atoms with Crippen LogP contribution in [0.3, 0.4) is 0 Å². The van der Waals surface area contributed by atoms with Crippen molar-refractivity contribution in [3.63, 3.8) is 0 Å². The lowest BCUT2D eigenvalue weighted by molar-refractivity contribution is -0.494. The van der Waals surface area contributed by atoms with E-state index >= 15 is 0 Å². The van der Waals surface area contributed by atoms with Crippen molar-refractivity contribution < 1.29 is 23.9 Å². The number of fused-ring (bicyclic) bond motifs is 3. The second kappa shape index (κ2) is 7.94. The van der Waals surface area contributed by atoms with E-state index in [1.165, 1.54) is 5.56 Å². The third-order valence-electron chi connectivity index (χ3n) is 6.08. The Balaban J connectivity index is 1.29. The molecule has 4 heterocycles. The van der Waals surface area contributed by atoms with Gasteiger partial charge < -0.3 is 24.8 Å². The highest BCUT2D eigenvalue weighted by Crippen LogP contribution is 2.31. The number of ether oxygens (including phenoxy) is 4. The first-order chi connectivity index (χ1) is 14.7. The Kier molecular flexibility index (Phi) is 5.14. The molecule has 3 aliphatic rings. The molecule has 0 aliphatic carbocycles. The van der Waals surface area contributed by atoms with Gasteiger partial charge in [0.2, 0.25) is 0 Å². The summed E-state index contributed by atoms with van der Waals surface area (Å²) < 4.78 is 22.9. The van der Waals surface area contributed by atoms with Crippen LogP contribution in [0.5, 0.6) is 5.75 Å². The first-order valence-electron chi connectivity index (χ1n) is 10.4. The zero-order valence-corrected chi connectivity index (χ0v) is 17.1. The van der Waals surface area contributed by atoms with E-state index in [-0.39, 0.29) is 17.7 Å². The summed E-state index contributed by atoms with van der Waals surface area (Å²) in [6.07, 6.45) is 5.24. The molecule has 0 radical (unpaired) electrons. The molecule has 1 spiro atoms. The molecule has 1 aromatic heterocycles. The highest BCUT2D eigenvalue weighted by atomic mass is 16.6. The number of hydrazone groups is 1. The first-order valence-corrected chi connectivity index (χ1v) is 10.4. The van der Waals surface area contributed by atoms with Crippen molar-refractivity contribution in [3.05, 3.63) is 35.5 Å². The van der Waals surface area contributed by atoms with Crippen molar-refractivity contribution in [1.82, 2.24) is 4.98 Å². The zero-order chi connectivity index (χ0) is 20.6. The van der Waals surface area contributed by atoms with Gasteiger partial charge in [-0.1, -0.05) is 0 Å². The lowest BCUT2D eigenvalue weighted by atomic mass is 9.96. The van der Waals surface area contributed by atoms with Crippen LogP contribution in [-0.2, 0) is 27.2 Å². The number of nitrogens with two attached hydrogens (primary N) is 1. The van der Waals surface area contributed by atoms with Crippen LogP contribution >= 0.6 is 0 Å². The molecule has 0 amide bonds. The topological polar surface area (TPSA) is 102 Å². The Morgan fingerprint density at radius 2 is 2.30 bits per heavy atom. The van der Waals surface area contributed by atoms with Crippen molar-refractivity contribution in [2.24, 2.45) is 10.9 Å². The Morgan fingerprint density at radius 1 is 1.40 bits per heavy atom. The molecule has 2 saturated heterocycles. The molecule has 1 aromatic carbocycles. The molecule has 0 saturated carbocycles. The minimum absolute atomic E-state index is 0.100. The van der Waals surface area contributed by atoms with E-state index in [9.17, 15) is 0 Å². The predicted octanol–water partition coefficient (Wildman–Crippen LogP) is 0.0988. The van der Waals surface area contributed by atoms with Gasteiger partial charge in [-0.15, -0.1) is 0 Å². The third kappa shape index (κ3) is 3.66. The summed E-state index contributed by atoms with van der Waals surface area (Å²) in [7, 11) is 0. The average Bonchev–Trinajstić information content (AvgIpc) is 3.19. The smallest absolute Gasteiger partial charge is 0.189 e. The third-order valence-corrected chi connectivity index (χ3v) is 6.08. The largest absolute Gasteiger partial charge is 0.484 e. The fourth-order valence-electron chi connectivity index (χ4n) is 4.33. The van der Waals surface area contributed by atoms with Crippen LogP contribution in [0.15, 0.2) is 29.5 Å². The molecular formula is C22H27N4O4+. The maximum Gasteiger partial charge on any atom is 0.189 e. The molecular weight excluding hydrogens is 384 g/mol.